The maximum absolute atomic E-state index is 8.60. The summed E-state index contributed by atoms with van der Waals surface area (Å²) in [6.07, 6.45) is 4.28. The molecule has 0 aliphatic carbocycles. The number of aryl methyl sites for hydroxylation is 1. The van der Waals surface area contributed by atoms with Crippen LogP contribution in [0.1, 0.15) is 31.2 Å². The van der Waals surface area contributed by atoms with Gasteiger partial charge in [0.25, 0.3) is 0 Å². The van der Waals surface area contributed by atoms with Crippen molar-refractivity contribution in [2.45, 2.75) is 26.2 Å². The van der Waals surface area contributed by atoms with Gasteiger partial charge in [0.05, 0.1) is 29.6 Å². The summed E-state index contributed by atoms with van der Waals surface area (Å²) in [6.45, 7) is 3.84. The average Bonchev–Trinajstić information content (AvgIpc) is 2.17. The first-order valence-corrected chi connectivity index (χ1v) is 3.98. The third kappa shape index (κ3) is 1.79. The van der Waals surface area contributed by atoms with Gasteiger partial charge < -0.3 is 0 Å². The average molecular weight is 161 g/mol. The number of nitrogens with zero attached hydrogens (tertiary/aromatic N) is 3. The molecule has 3 nitrogen and oxygen atoms in total. The summed E-state index contributed by atoms with van der Waals surface area (Å²) in [6, 6.07) is 2.12. The molecule has 1 atom stereocenters. The minimum atomic E-state index is -0.164. The Morgan fingerprint density at radius 3 is 2.67 bits per heavy atom. The van der Waals surface area contributed by atoms with Crippen LogP contribution in [0, 0.1) is 11.3 Å². The lowest BCUT2D eigenvalue weighted by atomic mass is 10.1. The van der Waals surface area contributed by atoms with E-state index in [1.807, 2.05) is 13.8 Å². The van der Waals surface area contributed by atoms with Gasteiger partial charge in [-0.3, -0.25) is 9.97 Å². The van der Waals surface area contributed by atoms with Crippen LogP contribution in [-0.4, -0.2) is 9.97 Å². The quantitative estimate of drug-likeness (QED) is 0.662. The predicted molar refractivity (Wildman–Crippen MR) is 45.4 cm³/mol. The van der Waals surface area contributed by atoms with Crippen molar-refractivity contribution >= 4 is 0 Å². The lowest BCUT2D eigenvalue weighted by Gasteiger charge is -2.00. The monoisotopic (exact) mass is 161 g/mol. The summed E-state index contributed by atoms with van der Waals surface area (Å²) in [5.74, 6) is -0.164. The Balaban J connectivity index is 2.86. The van der Waals surface area contributed by atoms with Crippen LogP contribution in [0.5, 0.6) is 0 Å². The summed E-state index contributed by atoms with van der Waals surface area (Å²) in [5.41, 5.74) is 1.71. The molecule has 0 saturated carbocycles. The Hall–Kier alpha value is -1.43. The van der Waals surface area contributed by atoms with E-state index in [0.29, 0.717) is 0 Å². The molecule has 0 amide bonds. The van der Waals surface area contributed by atoms with E-state index in [4.69, 9.17) is 5.26 Å². The smallest absolute Gasteiger partial charge is 0.0872 e. The van der Waals surface area contributed by atoms with Gasteiger partial charge in [0.2, 0.25) is 0 Å². The van der Waals surface area contributed by atoms with Crippen LogP contribution in [0.4, 0.5) is 0 Å². The maximum atomic E-state index is 8.60. The van der Waals surface area contributed by atoms with Crippen molar-refractivity contribution in [3.63, 3.8) is 0 Å². The van der Waals surface area contributed by atoms with Crippen LogP contribution < -0.4 is 0 Å². The highest BCUT2D eigenvalue weighted by atomic mass is 14.8. The number of rotatable bonds is 2. The van der Waals surface area contributed by atoms with E-state index in [-0.39, 0.29) is 5.92 Å². The topological polar surface area (TPSA) is 49.6 Å². The summed E-state index contributed by atoms with van der Waals surface area (Å²) in [7, 11) is 0. The fourth-order valence-electron chi connectivity index (χ4n) is 0.837. The lowest BCUT2D eigenvalue weighted by Crippen LogP contribution is -1.97. The highest BCUT2D eigenvalue weighted by Gasteiger charge is 2.04. The second-order valence-corrected chi connectivity index (χ2v) is 2.64. The van der Waals surface area contributed by atoms with E-state index in [1.165, 1.54) is 0 Å². The van der Waals surface area contributed by atoms with Crippen molar-refractivity contribution in [1.29, 1.82) is 5.26 Å². The first kappa shape index (κ1) is 8.66. The zero-order chi connectivity index (χ0) is 8.97. The second kappa shape index (κ2) is 3.82. The van der Waals surface area contributed by atoms with Gasteiger partial charge in [-0.05, 0) is 13.3 Å². The van der Waals surface area contributed by atoms with Gasteiger partial charge in [-0.2, -0.15) is 5.26 Å². The summed E-state index contributed by atoms with van der Waals surface area (Å²) < 4.78 is 0. The fourth-order valence-corrected chi connectivity index (χ4v) is 0.837. The molecule has 0 spiro atoms. The Kier molecular flexibility index (Phi) is 2.76. The maximum Gasteiger partial charge on any atom is 0.0872 e. The molecule has 12 heavy (non-hydrogen) atoms. The molecule has 1 rings (SSSR count). The SMILES string of the molecule is CCc1cnc(C(C)C#N)cn1. The molecule has 0 bridgehead atoms. The van der Waals surface area contributed by atoms with Crippen molar-refractivity contribution in [3.05, 3.63) is 23.8 Å². The third-order valence-electron chi connectivity index (χ3n) is 1.72. The van der Waals surface area contributed by atoms with Crippen LogP contribution in [0.2, 0.25) is 0 Å². The van der Waals surface area contributed by atoms with Gasteiger partial charge >= 0.3 is 0 Å². The Labute approximate surface area is 72.1 Å². The zero-order valence-corrected chi connectivity index (χ0v) is 7.28. The fraction of sp³-hybridized carbons (Fsp3) is 0.444. The van der Waals surface area contributed by atoms with Gasteiger partial charge in [-0.25, -0.2) is 0 Å². The molecule has 62 valence electrons. The molecule has 0 aliphatic rings. The van der Waals surface area contributed by atoms with Gasteiger partial charge in [0.1, 0.15) is 0 Å². The normalized spacial score (nSPS) is 12.1. The van der Waals surface area contributed by atoms with Crippen LogP contribution in [0.3, 0.4) is 0 Å². The predicted octanol–water partition coefficient (Wildman–Crippen LogP) is 1.67. The molecule has 0 radical (unpaired) electrons. The molecule has 0 aromatic carbocycles. The van der Waals surface area contributed by atoms with E-state index in [9.17, 15) is 0 Å². The molecule has 1 aromatic heterocycles. The van der Waals surface area contributed by atoms with Crippen molar-refractivity contribution in [3.8, 4) is 6.07 Å². The summed E-state index contributed by atoms with van der Waals surface area (Å²) >= 11 is 0. The third-order valence-corrected chi connectivity index (χ3v) is 1.72. The molecule has 0 fully saturated rings. The Bertz CT molecular complexity index is 284. The van der Waals surface area contributed by atoms with Crippen molar-refractivity contribution in [2.75, 3.05) is 0 Å². The van der Waals surface area contributed by atoms with Crippen LogP contribution in [0.15, 0.2) is 12.4 Å². The molecule has 1 heterocycles. The first-order valence-electron chi connectivity index (χ1n) is 3.98. The summed E-state index contributed by atoms with van der Waals surface area (Å²) in [5, 5.41) is 8.60. The van der Waals surface area contributed by atoms with Gasteiger partial charge in [0, 0.05) is 6.20 Å². The van der Waals surface area contributed by atoms with E-state index < -0.39 is 0 Å². The minimum Gasteiger partial charge on any atom is -0.258 e. The molecular formula is C9H11N3. The van der Waals surface area contributed by atoms with Crippen molar-refractivity contribution in [2.24, 2.45) is 0 Å². The largest absolute Gasteiger partial charge is 0.258 e. The second-order valence-electron chi connectivity index (χ2n) is 2.64. The molecule has 1 unspecified atom stereocenters. The first-order chi connectivity index (χ1) is 5.77. The highest BCUT2D eigenvalue weighted by molar-refractivity contribution is 5.12. The van der Waals surface area contributed by atoms with Crippen molar-refractivity contribution in [1.82, 2.24) is 9.97 Å². The van der Waals surface area contributed by atoms with Gasteiger partial charge in [-0.15, -0.1) is 0 Å². The number of hydrogen-bond donors (Lipinski definition) is 0. The van der Waals surface area contributed by atoms with E-state index in [1.54, 1.807) is 12.4 Å². The molecular weight excluding hydrogens is 150 g/mol. The number of nitriles is 1. The molecule has 1 aromatic rings. The van der Waals surface area contributed by atoms with Gasteiger partial charge in [0.15, 0.2) is 0 Å². The Morgan fingerprint density at radius 1 is 1.50 bits per heavy atom. The zero-order valence-electron chi connectivity index (χ0n) is 7.28. The van der Waals surface area contributed by atoms with Crippen LogP contribution in [0.25, 0.3) is 0 Å². The number of hydrogen-bond acceptors (Lipinski definition) is 3. The lowest BCUT2D eigenvalue weighted by molar-refractivity contribution is 0.876. The number of aromatic nitrogens is 2. The molecule has 3 heteroatoms. The van der Waals surface area contributed by atoms with Crippen molar-refractivity contribution < 1.29 is 0 Å². The van der Waals surface area contributed by atoms with Gasteiger partial charge in [-0.1, -0.05) is 6.92 Å². The molecule has 0 N–H and O–H groups in total. The van der Waals surface area contributed by atoms with E-state index in [0.717, 1.165) is 17.8 Å². The van der Waals surface area contributed by atoms with Crippen LogP contribution in [-0.2, 0) is 6.42 Å². The Morgan fingerprint density at radius 2 is 2.25 bits per heavy atom. The highest BCUT2D eigenvalue weighted by Crippen LogP contribution is 2.09. The van der Waals surface area contributed by atoms with Crippen LogP contribution >= 0.6 is 0 Å². The van der Waals surface area contributed by atoms with E-state index >= 15 is 0 Å². The molecule has 0 aliphatic heterocycles. The standard InChI is InChI=1S/C9H11N3/c1-3-8-5-12-9(6-11-8)7(2)4-10/h5-7H,3H2,1-2H3. The minimum absolute atomic E-state index is 0.164. The molecule has 0 saturated heterocycles. The summed E-state index contributed by atoms with van der Waals surface area (Å²) in [4.78, 5) is 8.29. The van der Waals surface area contributed by atoms with E-state index in [2.05, 4.69) is 16.0 Å².